The molecule has 60 valence electrons. The molecule has 0 saturated heterocycles. The second kappa shape index (κ2) is 5.37. The van der Waals surface area contributed by atoms with Crippen LogP contribution in [0, 0.1) is 0 Å². The Morgan fingerprint density at radius 3 is 1.91 bits per heavy atom. The number of carbonyl (C=O) groups excluding carboxylic acids is 2. The van der Waals surface area contributed by atoms with Crippen LogP contribution in [0.15, 0.2) is 24.8 Å². The fraction of sp³-hybridized carbons (Fsp3) is 0.143. The van der Waals surface area contributed by atoms with Gasteiger partial charge in [-0.25, -0.2) is 9.59 Å². The molecule has 0 amide bonds. The van der Waals surface area contributed by atoms with E-state index in [0.29, 0.717) is 6.54 Å². The average molecular weight is 155 g/mol. The summed E-state index contributed by atoms with van der Waals surface area (Å²) < 4.78 is 3.97. The first kappa shape index (κ1) is 9.58. The Morgan fingerprint density at radius 2 is 1.82 bits per heavy atom. The molecule has 0 saturated carbocycles. The van der Waals surface area contributed by atoms with Gasteiger partial charge in [-0.1, -0.05) is 6.08 Å². The molecule has 0 atom stereocenters. The van der Waals surface area contributed by atoms with E-state index in [1.54, 1.807) is 6.08 Å². The molecular formula is C7H9NO3. The topological polar surface area (TPSA) is 69.4 Å². The SMILES string of the molecule is C=CCN.O=C1C=CC(=O)O1. The van der Waals surface area contributed by atoms with Crippen molar-refractivity contribution in [3.05, 3.63) is 24.8 Å². The Morgan fingerprint density at radius 1 is 1.45 bits per heavy atom. The number of ether oxygens (including phenoxy) is 1. The van der Waals surface area contributed by atoms with Crippen molar-refractivity contribution >= 4 is 11.9 Å². The Bertz CT molecular complexity index is 180. The molecule has 2 N–H and O–H groups in total. The van der Waals surface area contributed by atoms with Gasteiger partial charge in [-0.3, -0.25) is 0 Å². The lowest BCUT2D eigenvalue weighted by Gasteiger charge is -1.80. The summed E-state index contributed by atoms with van der Waals surface area (Å²) in [5, 5.41) is 0. The Hall–Kier alpha value is -1.42. The zero-order valence-electron chi connectivity index (χ0n) is 5.95. The van der Waals surface area contributed by atoms with E-state index in [1.165, 1.54) is 0 Å². The van der Waals surface area contributed by atoms with E-state index in [-0.39, 0.29) is 0 Å². The fourth-order valence-electron chi connectivity index (χ4n) is 0.303. The van der Waals surface area contributed by atoms with Crippen molar-refractivity contribution in [1.82, 2.24) is 0 Å². The number of hydrogen-bond donors (Lipinski definition) is 1. The first-order valence-electron chi connectivity index (χ1n) is 2.95. The number of carbonyl (C=O) groups is 2. The van der Waals surface area contributed by atoms with Crippen molar-refractivity contribution in [2.45, 2.75) is 0 Å². The minimum Gasteiger partial charge on any atom is -0.387 e. The van der Waals surface area contributed by atoms with Gasteiger partial charge in [0.2, 0.25) is 0 Å². The number of cyclic esters (lactones) is 2. The summed E-state index contributed by atoms with van der Waals surface area (Å²) in [4.78, 5) is 19.8. The first-order chi connectivity index (χ1) is 5.20. The predicted octanol–water partition coefficient (Wildman–Crippen LogP) is -0.243. The monoisotopic (exact) mass is 155 g/mol. The van der Waals surface area contributed by atoms with Crippen LogP contribution in [0.1, 0.15) is 0 Å². The van der Waals surface area contributed by atoms with Gasteiger partial charge in [-0.2, -0.15) is 0 Å². The Kier molecular flexibility index (Phi) is 4.68. The number of rotatable bonds is 1. The number of esters is 2. The second-order valence-corrected chi connectivity index (χ2v) is 1.60. The Labute approximate surface area is 64.3 Å². The van der Waals surface area contributed by atoms with Crippen LogP contribution in [0.25, 0.3) is 0 Å². The van der Waals surface area contributed by atoms with Crippen molar-refractivity contribution in [3.63, 3.8) is 0 Å². The van der Waals surface area contributed by atoms with Crippen LogP contribution in [-0.2, 0) is 14.3 Å². The second-order valence-electron chi connectivity index (χ2n) is 1.60. The highest BCUT2D eigenvalue weighted by molar-refractivity contribution is 6.04. The normalized spacial score (nSPS) is 13.5. The molecule has 0 spiro atoms. The fourth-order valence-corrected chi connectivity index (χ4v) is 0.303. The number of nitrogens with two attached hydrogens (primary N) is 1. The van der Waals surface area contributed by atoms with Gasteiger partial charge in [0.25, 0.3) is 0 Å². The van der Waals surface area contributed by atoms with E-state index < -0.39 is 11.9 Å². The molecule has 1 heterocycles. The molecule has 1 rings (SSSR count). The molecule has 0 radical (unpaired) electrons. The van der Waals surface area contributed by atoms with E-state index >= 15 is 0 Å². The first-order valence-corrected chi connectivity index (χ1v) is 2.95. The molecule has 4 nitrogen and oxygen atoms in total. The van der Waals surface area contributed by atoms with Crippen molar-refractivity contribution in [2.24, 2.45) is 5.73 Å². The van der Waals surface area contributed by atoms with Crippen LogP contribution in [0.3, 0.4) is 0 Å². The molecule has 0 aromatic heterocycles. The minimum absolute atomic E-state index is 0.579. The van der Waals surface area contributed by atoms with Crippen molar-refractivity contribution < 1.29 is 14.3 Å². The summed E-state index contributed by atoms with van der Waals surface area (Å²) in [6.07, 6.45) is 3.82. The molecule has 0 bridgehead atoms. The van der Waals surface area contributed by atoms with Crippen LogP contribution < -0.4 is 5.73 Å². The summed E-state index contributed by atoms with van der Waals surface area (Å²) >= 11 is 0. The van der Waals surface area contributed by atoms with Crippen LogP contribution in [0.4, 0.5) is 0 Å². The van der Waals surface area contributed by atoms with Gasteiger partial charge < -0.3 is 10.5 Å². The van der Waals surface area contributed by atoms with Gasteiger partial charge in [0.15, 0.2) is 0 Å². The van der Waals surface area contributed by atoms with Gasteiger partial charge in [0.05, 0.1) is 0 Å². The quantitative estimate of drug-likeness (QED) is 0.322. The van der Waals surface area contributed by atoms with Crippen LogP contribution in [0.2, 0.25) is 0 Å². The van der Waals surface area contributed by atoms with Gasteiger partial charge in [0, 0.05) is 18.7 Å². The highest BCUT2D eigenvalue weighted by atomic mass is 16.6. The lowest BCUT2D eigenvalue weighted by atomic mass is 10.6. The minimum atomic E-state index is -0.579. The van der Waals surface area contributed by atoms with Crippen LogP contribution in [-0.4, -0.2) is 18.5 Å². The van der Waals surface area contributed by atoms with E-state index in [2.05, 4.69) is 11.3 Å². The maximum absolute atomic E-state index is 9.92. The molecule has 0 aliphatic carbocycles. The van der Waals surface area contributed by atoms with E-state index in [4.69, 9.17) is 5.73 Å². The van der Waals surface area contributed by atoms with Crippen LogP contribution >= 0.6 is 0 Å². The van der Waals surface area contributed by atoms with Gasteiger partial charge in [-0.05, 0) is 0 Å². The highest BCUT2D eigenvalue weighted by Gasteiger charge is 2.10. The van der Waals surface area contributed by atoms with E-state index in [1.807, 2.05) is 0 Å². The van der Waals surface area contributed by atoms with Gasteiger partial charge in [0.1, 0.15) is 0 Å². The zero-order chi connectivity index (χ0) is 8.69. The third-order valence-electron chi connectivity index (χ3n) is 0.723. The van der Waals surface area contributed by atoms with E-state index in [0.717, 1.165) is 12.2 Å². The molecule has 0 aromatic rings. The zero-order valence-corrected chi connectivity index (χ0v) is 5.95. The molecular weight excluding hydrogens is 146 g/mol. The highest BCUT2D eigenvalue weighted by Crippen LogP contribution is 1.92. The van der Waals surface area contributed by atoms with Gasteiger partial charge >= 0.3 is 11.9 Å². The van der Waals surface area contributed by atoms with E-state index in [9.17, 15) is 9.59 Å². The molecule has 0 fully saturated rings. The molecule has 0 aromatic carbocycles. The molecule has 1 aliphatic rings. The third kappa shape index (κ3) is 5.05. The molecule has 4 heteroatoms. The maximum Gasteiger partial charge on any atom is 0.338 e. The summed E-state index contributed by atoms with van der Waals surface area (Å²) in [6, 6.07) is 0. The molecule has 11 heavy (non-hydrogen) atoms. The average Bonchev–Trinajstić information content (AvgIpc) is 2.35. The van der Waals surface area contributed by atoms with Crippen molar-refractivity contribution in [3.8, 4) is 0 Å². The summed E-state index contributed by atoms with van der Waals surface area (Å²) in [5.74, 6) is -1.16. The summed E-state index contributed by atoms with van der Waals surface area (Å²) in [7, 11) is 0. The largest absolute Gasteiger partial charge is 0.387 e. The lowest BCUT2D eigenvalue weighted by Crippen LogP contribution is -1.96. The smallest absolute Gasteiger partial charge is 0.338 e. The maximum atomic E-state index is 9.92. The van der Waals surface area contributed by atoms with Gasteiger partial charge in [-0.15, -0.1) is 6.58 Å². The van der Waals surface area contributed by atoms with Crippen LogP contribution in [0.5, 0.6) is 0 Å². The molecule has 1 aliphatic heterocycles. The molecule has 0 unspecified atom stereocenters. The van der Waals surface area contributed by atoms with Crippen molar-refractivity contribution in [1.29, 1.82) is 0 Å². The predicted molar refractivity (Wildman–Crippen MR) is 39.5 cm³/mol. The Balaban J connectivity index is 0.000000218. The standard InChI is InChI=1S/C4H2O3.C3H7N/c5-3-1-2-4(6)7-3;1-2-3-4/h1-2H;2H,1,3-4H2. The lowest BCUT2D eigenvalue weighted by molar-refractivity contribution is -0.150. The number of hydrogen-bond acceptors (Lipinski definition) is 4. The van der Waals surface area contributed by atoms with Crippen molar-refractivity contribution in [2.75, 3.05) is 6.54 Å². The summed E-state index contributed by atoms with van der Waals surface area (Å²) in [6.45, 7) is 3.94. The summed E-state index contributed by atoms with van der Waals surface area (Å²) in [5.41, 5.74) is 4.91. The third-order valence-corrected chi connectivity index (χ3v) is 0.723.